The molecule has 0 aromatic heterocycles. The lowest BCUT2D eigenvalue weighted by Crippen LogP contribution is -2.05. The van der Waals surface area contributed by atoms with E-state index in [1.807, 2.05) is 56.3 Å². The van der Waals surface area contributed by atoms with Gasteiger partial charge in [-0.25, -0.2) is 4.39 Å². The Balaban J connectivity index is 2.10. The van der Waals surface area contributed by atoms with Crippen LogP contribution in [0, 0.1) is 19.7 Å². The maximum Gasteiger partial charge on any atom is 0.123 e. The molecule has 0 amide bonds. The average molecular weight is 280 g/mol. The number of rotatable bonds is 2. The van der Waals surface area contributed by atoms with E-state index in [4.69, 9.17) is 0 Å². The van der Waals surface area contributed by atoms with Crippen LogP contribution in [0.25, 0.3) is 10.8 Å². The van der Waals surface area contributed by atoms with Crippen molar-refractivity contribution >= 4 is 10.8 Å². The third kappa shape index (κ3) is 2.55. The molecule has 1 nitrogen and oxygen atoms in total. The quantitative estimate of drug-likeness (QED) is 0.722. The van der Waals surface area contributed by atoms with E-state index in [9.17, 15) is 9.50 Å². The summed E-state index contributed by atoms with van der Waals surface area (Å²) in [5, 5.41) is 12.9. The first-order valence-corrected chi connectivity index (χ1v) is 6.99. The Morgan fingerprint density at radius 1 is 0.857 bits per heavy atom. The molecule has 0 saturated carbocycles. The van der Waals surface area contributed by atoms with Crippen LogP contribution in [0.15, 0.2) is 54.6 Å². The van der Waals surface area contributed by atoms with Gasteiger partial charge in [-0.1, -0.05) is 36.4 Å². The molecule has 1 atom stereocenters. The van der Waals surface area contributed by atoms with E-state index in [1.165, 1.54) is 12.1 Å². The van der Waals surface area contributed by atoms with E-state index in [0.29, 0.717) is 0 Å². The third-order valence-electron chi connectivity index (χ3n) is 3.92. The SMILES string of the molecule is Cc1cc(F)cc(C)c1C(O)c1ccc2ccccc2c1. The first-order chi connectivity index (χ1) is 10.1. The number of aryl methyl sites for hydroxylation is 2. The van der Waals surface area contributed by atoms with Gasteiger partial charge >= 0.3 is 0 Å². The summed E-state index contributed by atoms with van der Waals surface area (Å²) >= 11 is 0. The van der Waals surface area contributed by atoms with Crippen molar-refractivity contribution in [2.75, 3.05) is 0 Å². The summed E-state index contributed by atoms with van der Waals surface area (Å²) < 4.78 is 13.4. The summed E-state index contributed by atoms with van der Waals surface area (Å²) in [5.41, 5.74) is 3.15. The highest BCUT2D eigenvalue weighted by Crippen LogP contribution is 2.30. The summed E-state index contributed by atoms with van der Waals surface area (Å²) in [4.78, 5) is 0. The van der Waals surface area contributed by atoms with Gasteiger partial charge in [0.25, 0.3) is 0 Å². The molecule has 106 valence electrons. The van der Waals surface area contributed by atoms with E-state index in [1.54, 1.807) is 0 Å². The van der Waals surface area contributed by atoms with Gasteiger partial charge in [0.1, 0.15) is 11.9 Å². The maximum absolute atomic E-state index is 13.4. The summed E-state index contributed by atoms with van der Waals surface area (Å²) in [6, 6.07) is 16.9. The predicted molar refractivity (Wildman–Crippen MR) is 83.9 cm³/mol. The highest BCUT2D eigenvalue weighted by atomic mass is 19.1. The van der Waals surface area contributed by atoms with Crippen molar-refractivity contribution in [3.63, 3.8) is 0 Å². The fourth-order valence-electron chi connectivity index (χ4n) is 2.90. The Bertz CT molecular complexity index is 785. The van der Waals surface area contributed by atoms with Gasteiger partial charge in [-0.3, -0.25) is 0 Å². The summed E-state index contributed by atoms with van der Waals surface area (Å²) in [6.07, 6.45) is -0.741. The van der Waals surface area contributed by atoms with E-state index in [-0.39, 0.29) is 5.82 Å². The van der Waals surface area contributed by atoms with Gasteiger partial charge in [0.05, 0.1) is 0 Å². The van der Waals surface area contributed by atoms with Crippen molar-refractivity contribution < 1.29 is 9.50 Å². The molecule has 1 N–H and O–H groups in total. The molecule has 0 spiro atoms. The van der Waals surface area contributed by atoms with E-state index >= 15 is 0 Å². The minimum atomic E-state index is -0.741. The van der Waals surface area contributed by atoms with Crippen molar-refractivity contribution in [1.29, 1.82) is 0 Å². The lowest BCUT2D eigenvalue weighted by Gasteiger charge is -2.17. The first kappa shape index (κ1) is 13.8. The van der Waals surface area contributed by atoms with Crippen LogP contribution in [0.5, 0.6) is 0 Å². The number of hydrogen-bond donors (Lipinski definition) is 1. The average Bonchev–Trinajstić information content (AvgIpc) is 2.45. The molecule has 0 aliphatic heterocycles. The first-order valence-electron chi connectivity index (χ1n) is 6.99. The molecule has 1 unspecified atom stereocenters. The van der Waals surface area contributed by atoms with Crippen LogP contribution in [-0.4, -0.2) is 5.11 Å². The zero-order chi connectivity index (χ0) is 15.0. The molecule has 0 fully saturated rings. The largest absolute Gasteiger partial charge is 0.384 e. The van der Waals surface area contributed by atoms with E-state index in [0.717, 1.165) is 33.0 Å². The summed E-state index contributed by atoms with van der Waals surface area (Å²) in [5.74, 6) is -0.264. The Morgan fingerprint density at radius 2 is 1.48 bits per heavy atom. The summed E-state index contributed by atoms with van der Waals surface area (Å²) in [7, 11) is 0. The Hall–Kier alpha value is -2.19. The minimum Gasteiger partial charge on any atom is -0.384 e. The summed E-state index contributed by atoms with van der Waals surface area (Å²) in [6.45, 7) is 3.66. The van der Waals surface area contributed by atoms with Crippen molar-refractivity contribution in [1.82, 2.24) is 0 Å². The van der Waals surface area contributed by atoms with Crippen molar-refractivity contribution in [2.45, 2.75) is 20.0 Å². The number of halogens is 1. The van der Waals surface area contributed by atoms with Gasteiger partial charge in [-0.15, -0.1) is 0 Å². The van der Waals surface area contributed by atoms with E-state index < -0.39 is 6.10 Å². The highest BCUT2D eigenvalue weighted by molar-refractivity contribution is 5.83. The number of fused-ring (bicyclic) bond motifs is 1. The number of aliphatic hydroxyl groups is 1. The number of hydrogen-bond acceptors (Lipinski definition) is 1. The number of benzene rings is 3. The molecule has 0 aliphatic carbocycles. The van der Waals surface area contributed by atoms with Gasteiger partial charge in [0.15, 0.2) is 0 Å². The zero-order valence-electron chi connectivity index (χ0n) is 12.1. The fraction of sp³-hybridized carbons (Fsp3) is 0.158. The smallest absolute Gasteiger partial charge is 0.123 e. The Kier molecular flexibility index (Phi) is 3.48. The normalized spacial score (nSPS) is 12.6. The number of aliphatic hydroxyl groups excluding tert-OH is 1. The molecular formula is C19H17FO. The van der Waals surface area contributed by atoms with Crippen LogP contribution < -0.4 is 0 Å². The van der Waals surface area contributed by atoms with Gasteiger partial charge in [-0.2, -0.15) is 0 Å². The van der Waals surface area contributed by atoms with Crippen LogP contribution in [-0.2, 0) is 0 Å². The monoisotopic (exact) mass is 280 g/mol. The van der Waals surface area contributed by atoms with Gasteiger partial charge in [0.2, 0.25) is 0 Å². The topological polar surface area (TPSA) is 20.2 Å². The second-order valence-corrected chi connectivity index (χ2v) is 5.46. The van der Waals surface area contributed by atoms with Crippen molar-refractivity contribution in [2.24, 2.45) is 0 Å². The van der Waals surface area contributed by atoms with Gasteiger partial charge in [-0.05, 0) is 65.1 Å². The Morgan fingerprint density at radius 3 is 2.14 bits per heavy atom. The highest BCUT2D eigenvalue weighted by Gasteiger charge is 2.16. The lowest BCUT2D eigenvalue weighted by molar-refractivity contribution is 0.219. The molecule has 3 aromatic rings. The molecule has 21 heavy (non-hydrogen) atoms. The molecule has 0 saturated heterocycles. The van der Waals surface area contributed by atoms with Crippen molar-refractivity contribution in [3.05, 3.63) is 82.7 Å². The van der Waals surface area contributed by atoms with Crippen LogP contribution in [0.4, 0.5) is 4.39 Å². The molecule has 0 radical (unpaired) electrons. The maximum atomic E-state index is 13.4. The van der Waals surface area contributed by atoms with Crippen LogP contribution in [0.1, 0.15) is 28.4 Å². The molecule has 3 rings (SSSR count). The molecule has 2 heteroatoms. The molecule has 0 bridgehead atoms. The predicted octanol–water partition coefficient (Wildman–Crippen LogP) is 4.68. The Labute approximate surface area is 123 Å². The fourth-order valence-corrected chi connectivity index (χ4v) is 2.90. The molecule has 0 aliphatic rings. The van der Waals surface area contributed by atoms with Crippen molar-refractivity contribution in [3.8, 4) is 0 Å². The molecule has 0 heterocycles. The molecule has 3 aromatic carbocycles. The third-order valence-corrected chi connectivity index (χ3v) is 3.92. The van der Waals surface area contributed by atoms with Gasteiger partial charge < -0.3 is 5.11 Å². The molecular weight excluding hydrogens is 263 g/mol. The minimum absolute atomic E-state index is 0.264. The van der Waals surface area contributed by atoms with Crippen LogP contribution >= 0.6 is 0 Å². The van der Waals surface area contributed by atoms with Gasteiger partial charge in [0, 0.05) is 0 Å². The van der Waals surface area contributed by atoms with E-state index in [2.05, 4.69) is 0 Å². The second-order valence-electron chi connectivity index (χ2n) is 5.46. The second kappa shape index (κ2) is 5.30. The van der Waals surface area contributed by atoms with Crippen LogP contribution in [0.2, 0.25) is 0 Å². The van der Waals surface area contributed by atoms with Crippen LogP contribution in [0.3, 0.4) is 0 Å². The zero-order valence-corrected chi connectivity index (χ0v) is 12.1. The lowest BCUT2D eigenvalue weighted by atomic mass is 9.92. The standard InChI is InChI=1S/C19H17FO/c1-12-9-17(20)10-13(2)18(12)19(21)16-8-7-14-5-3-4-6-15(14)11-16/h3-11,19,21H,1-2H3.